The molecule has 14 heteroatoms. The molecule has 0 amide bonds. The van der Waals surface area contributed by atoms with Crippen molar-refractivity contribution in [2.45, 2.75) is 0 Å². The quantitative estimate of drug-likeness (QED) is 0.288. The standard InChI is InChI=1S/C9H7BrN4.C5H5BNO2.C4H3Br2N3/c10-7-5-13-9(11)8(14-7)6-1-3-12-4-2-6;8-6-9-5-1-3-7-4-2-5;5-2-1-8-4(7)3(6)9-2/h1-5H,(H2,11,13);1-4,8H;1H,(H2,7,8). The number of halogens is 3. The third-order valence-electron chi connectivity index (χ3n) is 3.29. The summed E-state index contributed by atoms with van der Waals surface area (Å²) in [6, 6.07) is 6.97. The molecular weight excluding hydrogens is 611 g/mol. The summed E-state index contributed by atoms with van der Waals surface area (Å²) in [6.07, 6.45) is 9.66. The van der Waals surface area contributed by atoms with Crippen molar-refractivity contribution >= 4 is 67.1 Å². The lowest BCUT2D eigenvalue weighted by atomic mass is 10.2. The Bertz CT molecular complexity index is 1110. The Morgan fingerprint density at radius 1 is 0.781 bits per heavy atom. The van der Waals surface area contributed by atoms with Gasteiger partial charge in [0.1, 0.15) is 31.1 Å². The van der Waals surface area contributed by atoms with Crippen LogP contribution in [0.1, 0.15) is 0 Å². The Morgan fingerprint density at radius 2 is 1.31 bits per heavy atom. The minimum Gasteiger partial charge on any atom is -0.537 e. The average Bonchev–Trinajstić information content (AvgIpc) is 2.81. The number of hydrogen-bond acceptors (Lipinski definition) is 10. The van der Waals surface area contributed by atoms with Crippen LogP contribution in [0.3, 0.4) is 0 Å². The van der Waals surface area contributed by atoms with Gasteiger partial charge in [0.15, 0.2) is 5.82 Å². The molecule has 0 aliphatic carbocycles. The van der Waals surface area contributed by atoms with Crippen molar-refractivity contribution in [3.8, 4) is 17.0 Å². The van der Waals surface area contributed by atoms with Gasteiger partial charge in [-0.3, -0.25) is 9.97 Å². The smallest absolute Gasteiger partial charge is 0.537 e. The maximum atomic E-state index is 8.15. The van der Waals surface area contributed by atoms with Crippen LogP contribution in [0.5, 0.6) is 5.75 Å². The molecule has 0 aliphatic rings. The normalized spacial score (nSPS) is 9.50. The van der Waals surface area contributed by atoms with E-state index in [1.165, 1.54) is 0 Å². The number of nitrogens with zero attached hydrogens (tertiary/aromatic N) is 6. The third-order valence-corrected chi connectivity index (χ3v) is 4.64. The highest BCUT2D eigenvalue weighted by atomic mass is 79.9. The van der Waals surface area contributed by atoms with Gasteiger partial charge in [0.2, 0.25) is 0 Å². The molecule has 0 fully saturated rings. The van der Waals surface area contributed by atoms with E-state index in [9.17, 15) is 0 Å². The first-order valence-corrected chi connectivity index (χ1v) is 10.9. The Hall–Kier alpha value is -2.68. The molecule has 1 radical (unpaired) electrons. The fourth-order valence-electron chi connectivity index (χ4n) is 1.93. The predicted octanol–water partition coefficient (Wildman–Crippen LogP) is 3.45. The van der Waals surface area contributed by atoms with Crippen molar-refractivity contribution in [1.29, 1.82) is 0 Å². The largest absolute Gasteiger partial charge is 0.569 e. The number of anilines is 2. The maximum absolute atomic E-state index is 8.15. The third kappa shape index (κ3) is 8.82. The molecular formula is C18H15BBr3N8O2. The SMILES string of the molecule is Nc1ncc(Br)nc1-c1ccncc1.Nc1ncc(Br)nc1Br.O[B]Oc1ccncc1. The number of hydrogen-bond donors (Lipinski definition) is 3. The van der Waals surface area contributed by atoms with E-state index in [4.69, 9.17) is 16.5 Å². The van der Waals surface area contributed by atoms with Crippen molar-refractivity contribution in [3.05, 3.63) is 75.3 Å². The van der Waals surface area contributed by atoms with E-state index in [0.29, 0.717) is 44.6 Å². The van der Waals surface area contributed by atoms with Crippen LogP contribution in [0.2, 0.25) is 0 Å². The van der Waals surface area contributed by atoms with E-state index in [1.807, 2.05) is 12.1 Å². The Labute approximate surface area is 209 Å². The van der Waals surface area contributed by atoms with Gasteiger partial charge in [0.05, 0.1) is 12.4 Å². The lowest BCUT2D eigenvalue weighted by molar-refractivity contribution is 0.453. The molecule has 0 bridgehead atoms. The van der Waals surface area contributed by atoms with Gasteiger partial charge in [0, 0.05) is 30.4 Å². The van der Waals surface area contributed by atoms with E-state index in [0.717, 1.165) is 5.56 Å². The van der Waals surface area contributed by atoms with Crippen molar-refractivity contribution in [1.82, 2.24) is 29.9 Å². The van der Waals surface area contributed by atoms with Crippen LogP contribution < -0.4 is 16.1 Å². The summed E-state index contributed by atoms with van der Waals surface area (Å²) in [5.41, 5.74) is 12.6. The van der Waals surface area contributed by atoms with E-state index in [1.54, 1.807) is 49.3 Å². The maximum Gasteiger partial charge on any atom is 0.569 e. The zero-order chi connectivity index (χ0) is 23.3. The van der Waals surface area contributed by atoms with Gasteiger partial charge in [-0.15, -0.1) is 0 Å². The van der Waals surface area contributed by atoms with Crippen LogP contribution >= 0.6 is 47.8 Å². The highest BCUT2D eigenvalue weighted by Crippen LogP contribution is 2.22. The lowest BCUT2D eigenvalue weighted by Gasteiger charge is -2.03. The summed E-state index contributed by atoms with van der Waals surface area (Å²) in [6.45, 7) is 0. The van der Waals surface area contributed by atoms with Crippen molar-refractivity contribution in [3.63, 3.8) is 0 Å². The summed E-state index contributed by atoms with van der Waals surface area (Å²) in [5, 5.41) is 8.15. The Balaban J connectivity index is 0.000000178. The van der Waals surface area contributed by atoms with Gasteiger partial charge in [0.25, 0.3) is 0 Å². The molecule has 0 saturated carbocycles. The Kier molecular flexibility index (Phi) is 10.9. The van der Waals surface area contributed by atoms with Crippen LogP contribution in [0.25, 0.3) is 11.3 Å². The second-order valence-electron chi connectivity index (χ2n) is 5.44. The number of nitrogen functional groups attached to an aromatic ring is 2. The highest BCUT2D eigenvalue weighted by molar-refractivity contribution is 9.11. The number of pyridine rings is 2. The molecule has 163 valence electrons. The summed E-state index contributed by atoms with van der Waals surface area (Å²) in [5.74, 6) is 1.39. The molecule has 4 aromatic rings. The molecule has 4 heterocycles. The topological polar surface area (TPSA) is 159 Å². The van der Waals surface area contributed by atoms with Crippen LogP contribution in [0.4, 0.5) is 11.6 Å². The highest BCUT2D eigenvalue weighted by Gasteiger charge is 2.05. The second kappa shape index (κ2) is 13.7. The van der Waals surface area contributed by atoms with Crippen molar-refractivity contribution in [2.24, 2.45) is 0 Å². The molecule has 0 aliphatic heterocycles. The van der Waals surface area contributed by atoms with E-state index in [2.05, 4.69) is 82.3 Å². The minimum absolute atomic E-state index is 0.401. The minimum atomic E-state index is 0.401. The zero-order valence-corrected chi connectivity index (χ0v) is 20.9. The summed E-state index contributed by atoms with van der Waals surface area (Å²) in [4.78, 5) is 23.6. The van der Waals surface area contributed by atoms with Crippen LogP contribution in [0, 0.1) is 0 Å². The lowest BCUT2D eigenvalue weighted by Crippen LogP contribution is -1.98. The molecule has 4 rings (SSSR count). The zero-order valence-electron chi connectivity index (χ0n) is 16.2. The average molecular weight is 626 g/mol. The van der Waals surface area contributed by atoms with Crippen molar-refractivity contribution < 1.29 is 9.68 Å². The molecule has 10 nitrogen and oxygen atoms in total. The number of nitrogens with two attached hydrogens (primary N) is 2. The first-order chi connectivity index (χ1) is 15.4. The molecule has 0 atom stereocenters. The summed E-state index contributed by atoms with van der Waals surface area (Å²) >= 11 is 9.50. The number of rotatable bonds is 3. The van der Waals surface area contributed by atoms with Crippen LogP contribution in [-0.4, -0.2) is 42.6 Å². The molecule has 0 saturated heterocycles. The van der Waals surface area contributed by atoms with Crippen LogP contribution in [-0.2, 0) is 0 Å². The summed E-state index contributed by atoms with van der Waals surface area (Å²) in [7, 11) is 0.634. The van der Waals surface area contributed by atoms with E-state index < -0.39 is 0 Å². The molecule has 0 aromatic carbocycles. The van der Waals surface area contributed by atoms with Gasteiger partial charge in [-0.25, -0.2) is 19.9 Å². The Morgan fingerprint density at radius 3 is 1.84 bits per heavy atom. The fourth-order valence-corrected chi connectivity index (χ4v) is 3.02. The van der Waals surface area contributed by atoms with Gasteiger partial charge in [-0.05, 0) is 72.1 Å². The van der Waals surface area contributed by atoms with E-state index >= 15 is 0 Å². The van der Waals surface area contributed by atoms with Gasteiger partial charge >= 0.3 is 7.69 Å². The van der Waals surface area contributed by atoms with Crippen molar-refractivity contribution in [2.75, 3.05) is 11.5 Å². The monoisotopic (exact) mass is 623 g/mol. The van der Waals surface area contributed by atoms with E-state index in [-0.39, 0.29) is 0 Å². The van der Waals surface area contributed by atoms with Gasteiger partial charge < -0.3 is 21.1 Å². The summed E-state index contributed by atoms with van der Waals surface area (Å²) < 4.78 is 6.50. The molecule has 32 heavy (non-hydrogen) atoms. The molecule has 4 aromatic heterocycles. The number of aromatic nitrogens is 6. The first kappa shape index (κ1) is 25.6. The van der Waals surface area contributed by atoms with Crippen LogP contribution in [0.15, 0.2) is 75.3 Å². The molecule has 5 N–H and O–H groups in total. The van der Waals surface area contributed by atoms with Gasteiger partial charge in [-0.2, -0.15) is 0 Å². The first-order valence-electron chi connectivity index (χ1n) is 8.55. The van der Waals surface area contributed by atoms with Gasteiger partial charge in [-0.1, -0.05) is 0 Å². The predicted molar refractivity (Wildman–Crippen MR) is 132 cm³/mol. The molecule has 0 unspecified atom stereocenters. The molecule has 0 spiro atoms. The second-order valence-corrected chi connectivity index (χ2v) is 7.81. The fraction of sp³-hybridized carbons (Fsp3) is 0.